The van der Waals surface area contributed by atoms with Crippen LogP contribution in [0.5, 0.6) is 0 Å². The Kier molecular flexibility index (Phi) is 8.92. The largest absolute Gasteiger partial charge is 0.490 e. The summed E-state index contributed by atoms with van der Waals surface area (Å²) in [5.74, 6) is -5.30. The van der Waals surface area contributed by atoms with E-state index in [2.05, 4.69) is 5.43 Å². The van der Waals surface area contributed by atoms with Gasteiger partial charge in [0, 0.05) is 36.7 Å². The van der Waals surface area contributed by atoms with Gasteiger partial charge in [-0.1, -0.05) is 36.4 Å². The first-order valence-electron chi connectivity index (χ1n) is 13.3. The van der Waals surface area contributed by atoms with Crippen LogP contribution in [-0.4, -0.2) is 59.9 Å². The molecule has 1 atom stereocenters. The molecular weight excluding hydrogens is 581 g/mol. The van der Waals surface area contributed by atoms with Crippen molar-refractivity contribution in [2.24, 2.45) is 11.5 Å². The van der Waals surface area contributed by atoms with Gasteiger partial charge in [-0.2, -0.15) is 13.2 Å². The number of nitrogens with zero attached hydrogens (tertiary/aromatic N) is 2. The first-order chi connectivity index (χ1) is 20.7. The van der Waals surface area contributed by atoms with Crippen molar-refractivity contribution in [1.29, 1.82) is 5.41 Å². The fourth-order valence-corrected chi connectivity index (χ4v) is 4.79. The molecule has 3 aromatic rings. The lowest BCUT2D eigenvalue weighted by molar-refractivity contribution is -0.216. The number of benzene rings is 3. The fraction of sp³-hybridized carbons (Fsp3) is 0.233. The Morgan fingerprint density at radius 3 is 2.25 bits per heavy atom. The molecule has 0 radical (unpaired) electrons. The first kappa shape index (κ1) is 31.5. The number of carbonyl (C=O) groups excluding carboxylic acids is 4. The zero-order valence-corrected chi connectivity index (χ0v) is 23.5. The Bertz CT molecular complexity index is 1600. The highest BCUT2D eigenvalue weighted by Crippen LogP contribution is 2.36. The monoisotopic (exact) mass is 610 g/mol. The number of rotatable bonds is 9. The summed E-state index contributed by atoms with van der Waals surface area (Å²) in [4.78, 5) is 52.6. The van der Waals surface area contributed by atoms with E-state index in [9.17, 15) is 32.3 Å². The van der Waals surface area contributed by atoms with Crippen LogP contribution in [0.4, 0.5) is 24.5 Å². The Balaban J connectivity index is 1.74. The van der Waals surface area contributed by atoms with Crippen LogP contribution in [0.1, 0.15) is 33.5 Å². The SMILES string of the molecule is CN(C(=O)c1ccc2c(c1)NN(CC(N)=O)C(=O)C(CCc1ccccc1)(OC(=O)C(F)(F)F)C2)c1ccc(C(=N)N)cc1. The van der Waals surface area contributed by atoms with E-state index in [-0.39, 0.29) is 35.5 Å². The van der Waals surface area contributed by atoms with Gasteiger partial charge in [0.25, 0.3) is 11.8 Å². The minimum absolute atomic E-state index is 0.0568. The summed E-state index contributed by atoms with van der Waals surface area (Å²) < 4.78 is 45.3. The van der Waals surface area contributed by atoms with Crippen LogP contribution in [0.25, 0.3) is 0 Å². The van der Waals surface area contributed by atoms with E-state index in [1.807, 2.05) is 0 Å². The second-order valence-electron chi connectivity index (χ2n) is 10.2. The van der Waals surface area contributed by atoms with Crippen molar-refractivity contribution in [1.82, 2.24) is 5.01 Å². The van der Waals surface area contributed by atoms with Gasteiger partial charge in [0.2, 0.25) is 5.91 Å². The number of fused-ring (bicyclic) bond motifs is 1. The summed E-state index contributed by atoms with van der Waals surface area (Å²) in [5.41, 5.74) is 13.3. The number of nitrogen functional groups attached to an aromatic ring is 1. The van der Waals surface area contributed by atoms with E-state index in [4.69, 9.17) is 21.6 Å². The van der Waals surface area contributed by atoms with Gasteiger partial charge in [0.15, 0.2) is 5.60 Å². The third-order valence-corrected chi connectivity index (χ3v) is 7.09. The predicted octanol–water partition coefficient (Wildman–Crippen LogP) is 2.92. The van der Waals surface area contributed by atoms with Gasteiger partial charge in [0.1, 0.15) is 12.4 Å². The summed E-state index contributed by atoms with van der Waals surface area (Å²) in [7, 11) is 1.51. The Hall–Kier alpha value is -5.40. The number of nitrogens with one attached hydrogen (secondary N) is 2. The van der Waals surface area contributed by atoms with Gasteiger partial charge in [-0.05, 0) is 53.9 Å². The lowest BCUT2D eigenvalue weighted by atomic mass is 9.86. The zero-order valence-electron chi connectivity index (χ0n) is 23.5. The molecule has 0 saturated carbocycles. The van der Waals surface area contributed by atoms with Crippen molar-refractivity contribution in [3.63, 3.8) is 0 Å². The molecule has 6 N–H and O–H groups in total. The molecule has 0 spiro atoms. The van der Waals surface area contributed by atoms with E-state index in [0.29, 0.717) is 21.8 Å². The van der Waals surface area contributed by atoms with Crippen molar-refractivity contribution in [3.05, 3.63) is 95.1 Å². The van der Waals surface area contributed by atoms with Crippen molar-refractivity contribution in [3.8, 4) is 0 Å². The standard InChI is InChI=1S/C30H29F3N6O5/c1-38(22-11-9-19(10-12-22)25(35)36)26(41)20-7-8-21-16-29(44-28(43)30(31,32)33,14-13-18-5-3-2-4-6-18)27(42)39(17-24(34)40)37-23(21)15-20/h2-12,15,37H,13-14,16-17H2,1H3,(H2,34,40)(H3,35,36). The second kappa shape index (κ2) is 12.5. The van der Waals surface area contributed by atoms with Crippen LogP contribution in [0.3, 0.4) is 0 Å². The summed E-state index contributed by atoms with van der Waals surface area (Å²) in [5, 5.41) is 8.22. The number of primary amides is 1. The molecule has 3 amide bonds. The summed E-state index contributed by atoms with van der Waals surface area (Å²) in [6, 6.07) is 19.1. The average Bonchev–Trinajstić information content (AvgIpc) is 3.09. The number of halogens is 3. The third kappa shape index (κ3) is 6.97. The number of esters is 1. The highest BCUT2D eigenvalue weighted by Gasteiger charge is 2.53. The van der Waals surface area contributed by atoms with Crippen LogP contribution in [0, 0.1) is 5.41 Å². The smallest absolute Gasteiger partial charge is 0.442 e. The molecule has 44 heavy (non-hydrogen) atoms. The molecule has 1 aliphatic heterocycles. The number of amidine groups is 1. The quantitative estimate of drug-likeness (QED) is 0.164. The van der Waals surface area contributed by atoms with E-state index in [1.54, 1.807) is 54.6 Å². The molecule has 0 aliphatic carbocycles. The lowest BCUT2D eigenvalue weighted by Gasteiger charge is -2.34. The topological polar surface area (TPSA) is 172 Å². The van der Waals surface area contributed by atoms with Crippen LogP contribution in [-0.2, 0) is 32.0 Å². The van der Waals surface area contributed by atoms with Gasteiger partial charge in [-0.25, -0.2) is 9.80 Å². The van der Waals surface area contributed by atoms with Crippen LogP contribution in [0.2, 0.25) is 0 Å². The Morgan fingerprint density at radius 2 is 1.66 bits per heavy atom. The molecule has 0 fully saturated rings. The van der Waals surface area contributed by atoms with Crippen LogP contribution in [0.15, 0.2) is 72.8 Å². The first-order valence-corrected chi connectivity index (χ1v) is 13.3. The number of hydrazine groups is 1. The zero-order chi connectivity index (χ0) is 32.2. The number of amides is 3. The number of anilines is 2. The molecule has 1 unspecified atom stereocenters. The van der Waals surface area contributed by atoms with Gasteiger partial charge >= 0.3 is 12.1 Å². The van der Waals surface area contributed by atoms with Crippen molar-refractivity contribution >= 4 is 40.9 Å². The van der Waals surface area contributed by atoms with Gasteiger partial charge < -0.3 is 21.1 Å². The van der Waals surface area contributed by atoms with Gasteiger partial charge in [-0.15, -0.1) is 0 Å². The summed E-state index contributed by atoms with van der Waals surface area (Å²) in [6.45, 7) is -0.768. The van der Waals surface area contributed by atoms with Crippen molar-refractivity contribution < 1.29 is 37.1 Å². The number of nitrogens with two attached hydrogens (primary N) is 2. The average molecular weight is 611 g/mol. The van der Waals surface area contributed by atoms with Crippen molar-refractivity contribution in [2.45, 2.75) is 31.0 Å². The number of hydrogen-bond donors (Lipinski definition) is 4. The molecule has 0 aromatic heterocycles. The van der Waals surface area contributed by atoms with E-state index >= 15 is 0 Å². The molecule has 1 aliphatic rings. The number of aryl methyl sites for hydroxylation is 1. The Morgan fingerprint density at radius 1 is 1.02 bits per heavy atom. The van der Waals surface area contributed by atoms with E-state index in [0.717, 1.165) is 0 Å². The van der Waals surface area contributed by atoms with E-state index < -0.39 is 48.4 Å². The van der Waals surface area contributed by atoms with Gasteiger partial charge in [-0.3, -0.25) is 25.2 Å². The molecule has 230 valence electrons. The maximum atomic E-state index is 13.9. The molecule has 1 heterocycles. The number of carbonyl (C=O) groups is 4. The molecular formula is C30H29F3N6O5. The summed E-state index contributed by atoms with van der Waals surface area (Å²) >= 11 is 0. The maximum Gasteiger partial charge on any atom is 0.490 e. The molecule has 0 saturated heterocycles. The van der Waals surface area contributed by atoms with Gasteiger partial charge in [0.05, 0.1) is 5.69 Å². The number of alkyl halides is 3. The van der Waals surface area contributed by atoms with Crippen LogP contribution < -0.4 is 21.8 Å². The minimum Gasteiger partial charge on any atom is -0.442 e. The second-order valence-corrected chi connectivity index (χ2v) is 10.2. The number of hydrogen-bond acceptors (Lipinski definition) is 7. The molecule has 14 heteroatoms. The molecule has 0 bridgehead atoms. The maximum absolute atomic E-state index is 13.9. The molecule has 3 aromatic carbocycles. The lowest BCUT2D eigenvalue weighted by Crippen LogP contribution is -2.56. The predicted molar refractivity (Wildman–Crippen MR) is 155 cm³/mol. The van der Waals surface area contributed by atoms with Crippen LogP contribution >= 0.6 is 0 Å². The van der Waals surface area contributed by atoms with E-state index in [1.165, 1.54) is 30.1 Å². The third-order valence-electron chi connectivity index (χ3n) is 7.09. The molecule has 4 rings (SSSR count). The molecule has 11 nitrogen and oxygen atoms in total. The number of ether oxygens (including phenoxy) is 1. The summed E-state index contributed by atoms with van der Waals surface area (Å²) in [6.07, 6.45) is -6.19. The normalized spacial score (nSPS) is 16.3. The Labute approximate surface area is 250 Å². The van der Waals surface area contributed by atoms with Crippen molar-refractivity contribution in [2.75, 3.05) is 23.9 Å². The highest BCUT2D eigenvalue weighted by atomic mass is 19.4. The highest BCUT2D eigenvalue weighted by molar-refractivity contribution is 6.07. The minimum atomic E-state index is -5.40. The fourth-order valence-electron chi connectivity index (χ4n) is 4.79.